The van der Waals surface area contributed by atoms with Crippen molar-refractivity contribution in [1.29, 1.82) is 0 Å². The molecule has 1 aromatic carbocycles. The van der Waals surface area contributed by atoms with Crippen LogP contribution in [0.3, 0.4) is 0 Å². The first-order valence-electron chi connectivity index (χ1n) is 5.16. The highest BCUT2D eigenvalue weighted by Gasteiger charge is 2.05. The van der Waals surface area contributed by atoms with Crippen molar-refractivity contribution < 1.29 is 13.9 Å². The molecule has 0 unspecified atom stereocenters. The van der Waals surface area contributed by atoms with Crippen LogP contribution in [0.1, 0.15) is 24.5 Å². The maximum absolute atomic E-state index is 12.6. The number of alkyl halides is 1. The van der Waals surface area contributed by atoms with Crippen molar-refractivity contribution in [2.75, 3.05) is 6.61 Å². The predicted octanol–water partition coefficient (Wildman–Crippen LogP) is 3.41. The number of carbonyl (C=O) groups excluding carboxylic acids is 1. The Morgan fingerprint density at radius 3 is 2.88 bits per heavy atom. The van der Waals surface area contributed by atoms with Crippen LogP contribution in [0, 0.1) is 0 Å². The van der Waals surface area contributed by atoms with Gasteiger partial charge in [-0.2, -0.15) is 0 Å². The standard InChI is InChI=1S/C12H14BrFO2/c1-2-16-12(15)6-4-9-3-5-11(13)10(7-9)8-14/h3,5,7H,2,4,6,8H2,1H3. The van der Waals surface area contributed by atoms with E-state index in [1.165, 1.54) is 0 Å². The summed E-state index contributed by atoms with van der Waals surface area (Å²) in [5, 5.41) is 0. The molecule has 4 heteroatoms. The lowest BCUT2D eigenvalue weighted by molar-refractivity contribution is -0.143. The summed E-state index contributed by atoms with van der Waals surface area (Å²) in [7, 11) is 0. The molecule has 88 valence electrons. The Morgan fingerprint density at radius 2 is 2.25 bits per heavy atom. The predicted molar refractivity (Wildman–Crippen MR) is 63.9 cm³/mol. The molecule has 0 fully saturated rings. The molecule has 0 N–H and O–H groups in total. The average molecular weight is 289 g/mol. The van der Waals surface area contributed by atoms with Crippen molar-refractivity contribution in [3.63, 3.8) is 0 Å². The van der Waals surface area contributed by atoms with Crippen LogP contribution in [-0.2, 0) is 22.6 Å². The highest BCUT2D eigenvalue weighted by Crippen LogP contribution is 2.20. The minimum Gasteiger partial charge on any atom is -0.466 e. The second-order valence-corrected chi connectivity index (χ2v) is 4.22. The van der Waals surface area contributed by atoms with Gasteiger partial charge in [0.15, 0.2) is 0 Å². The third-order valence-electron chi connectivity index (χ3n) is 2.18. The van der Waals surface area contributed by atoms with Crippen LogP contribution in [0.5, 0.6) is 0 Å². The molecule has 0 saturated carbocycles. The zero-order valence-electron chi connectivity index (χ0n) is 9.13. The Kier molecular flexibility index (Phi) is 5.46. The van der Waals surface area contributed by atoms with Gasteiger partial charge in [-0.05, 0) is 30.5 Å². The first-order chi connectivity index (χ1) is 7.67. The van der Waals surface area contributed by atoms with Gasteiger partial charge in [0.25, 0.3) is 0 Å². The van der Waals surface area contributed by atoms with Crippen LogP contribution < -0.4 is 0 Å². The SMILES string of the molecule is CCOC(=O)CCc1ccc(Br)c(CF)c1. The van der Waals surface area contributed by atoms with Gasteiger partial charge in [-0.25, -0.2) is 4.39 Å². The summed E-state index contributed by atoms with van der Waals surface area (Å²) in [6, 6.07) is 5.45. The van der Waals surface area contributed by atoms with E-state index in [1.807, 2.05) is 6.07 Å². The average Bonchev–Trinajstić information content (AvgIpc) is 2.28. The number of aryl methyl sites for hydroxylation is 1. The highest BCUT2D eigenvalue weighted by atomic mass is 79.9. The first-order valence-corrected chi connectivity index (χ1v) is 5.95. The summed E-state index contributed by atoms with van der Waals surface area (Å²) in [6.07, 6.45) is 0.917. The molecule has 0 aromatic heterocycles. The number of carbonyl (C=O) groups is 1. The second-order valence-electron chi connectivity index (χ2n) is 3.36. The maximum atomic E-state index is 12.6. The summed E-state index contributed by atoms with van der Waals surface area (Å²) in [5.74, 6) is -0.216. The molecule has 0 spiro atoms. The van der Waals surface area contributed by atoms with Gasteiger partial charge >= 0.3 is 5.97 Å². The van der Waals surface area contributed by atoms with Crippen molar-refractivity contribution >= 4 is 21.9 Å². The molecule has 0 aliphatic rings. The van der Waals surface area contributed by atoms with E-state index in [0.717, 1.165) is 10.0 Å². The summed E-state index contributed by atoms with van der Waals surface area (Å²) in [4.78, 5) is 11.1. The van der Waals surface area contributed by atoms with E-state index in [4.69, 9.17) is 4.74 Å². The summed E-state index contributed by atoms with van der Waals surface area (Å²) in [6.45, 7) is 1.67. The normalized spacial score (nSPS) is 10.2. The minimum atomic E-state index is -0.506. The number of hydrogen-bond donors (Lipinski definition) is 0. The third-order valence-corrected chi connectivity index (χ3v) is 2.95. The van der Waals surface area contributed by atoms with Crippen LogP contribution in [0.25, 0.3) is 0 Å². The van der Waals surface area contributed by atoms with Gasteiger partial charge in [-0.3, -0.25) is 4.79 Å². The van der Waals surface area contributed by atoms with Gasteiger partial charge in [-0.15, -0.1) is 0 Å². The van der Waals surface area contributed by atoms with Gasteiger partial charge in [0.1, 0.15) is 6.67 Å². The fraction of sp³-hybridized carbons (Fsp3) is 0.417. The molecule has 0 aliphatic heterocycles. The Morgan fingerprint density at radius 1 is 1.50 bits per heavy atom. The molecule has 1 aromatic rings. The molecule has 0 atom stereocenters. The topological polar surface area (TPSA) is 26.3 Å². The summed E-state index contributed by atoms with van der Waals surface area (Å²) >= 11 is 3.26. The monoisotopic (exact) mass is 288 g/mol. The number of halogens is 2. The molecule has 0 aliphatic carbocycles. The van der Waals surface area contributed by atoms with Crippen molar-refractivity contribution in [3.8, 4) is 0 Å². The number of hydrogen-bond acceptors (Lipinski definition) is 2. The quantitative estimate of drug-likeness (QED) is 0.776. The molecule has 0 bridgehead atoms. The van der Waals surface area contributed by atoms with Crippen LogP contribution in [-0.4, -0.2) is 12.6 Å². The van der Waals surface area contributed by atoms with Crippen LogP contribution in [0.15, 0.2) is 22.7 Å². The molecular formula is C12H14BrFO2. The van der Waals surface area contributed by atoms with Crippen LogP contribution in [0.4, 0.5) is 4.39 Å². The minimum absolute atomic E-state index is 0.216. The Bertz CT molecular complexity index is 366. The largest absolute Gasteiger partial charge is 0.466 e. The lowest BCUT2D eigenvalue weighted by atomic mass is 10.1. The lowest BCUT2D eigenvalue weighted by Gasteiger charge is -2.05. The Labute approximate surface area is 103 Å². The smallest absolute Gasteiger partial charge is 0.306 e. The molecule has 0 amide bonds. The summed E-state index contributed by atoms with van der Waals surface area (Å²) in [5.41, 5.74) is 1.56. The van der Waals surface area contributed by atoms with E-state index in [-0.39, 0.29) is 5.97 Å². The van der Waals surface area contributed by atoms with Crippen LogP contribution in [0.2, 0.25) is 0 Å². The van der Waals surface area contributed by atoms with Crippen molar-refractivity contribution in [3.05, 3.63) is 33.8 Å². The Balaban J connectivity index is 2.57. The number of ether oxygens (including phenoxy) is 1. The lowest BCUT2D eigenvalue weighted by Crippen LogP contribution is -2.05. The molecule has 16 heavy (non-hydrogen) atoms. The molecule has 1 rings (SSSR count). The van der Waals surface area contributed by atoms with E-state index in [0.29, 0.717) is 25.0 Å². The van der Waals surface area contributed by atoms with Gasteiger partial charge < -0.3 is 4.74 Å². The number of rotatable bonds is 5. The molecule has 0 radical (unpaired) electrons. The van der Waals surface area contributed by atoms with E-state index in [9.17, 15) is 9.18 Å². The van der Waals surface area contributed by atoms with Crippen molar-refractivity contribution in [2.45, 2.75) is 26.4 Å². The fourth-order valence-corrected chi connectivity index (χ4v) is 1.72. The summed E-state index contributed by atoms with van der Waals surface area (Å²) < 4.78 is 18.1. The number of benzene rings is 1. The van der Waals surface area contributed by atoms with E-state index in [1.54, 1.807) is 19.1 Å². The van der Waals surface area contributed by atoms with Gasteiger partial charge in [0.2, 0.25) is 0 Å². The van der Waals surface area contributed by atoms with Crippen LogP contribution >= 0.6 is 15.9 Å². The second kappa shape index (κ2) is 6.63. The van der Waals surface area contributed by atoms with E-state index >= 15 is 0 Å². The molecule has 0 saturated heterocycles. The number of esters is 1. The van der Waals surface area contributed by atoms with E-state index < -0.39 is 6.67 Å². The van der Waals surface area contributed by atoms with Gasteiger partial charge in [0.05, 0.1) is 6.61 Å². The molecule has 0 heterocycles. The zero-order chi connectivity index (χ0) is 12.0. The molecule has 2 nitrogen and oxygen atoms in total. The zero-order valence-corrected chi connectivity index (χ0v) is 10.7. The fourth-order valence-electron chi connectivity index (χ4n) is 1.37. The first kappa shape index (κ1) is 13.2. The van der Waals surface area contributed by atoms with Gasteiger partial charge in [-0.1, -0.05) is 28.1 Å². The maximum Gasteiger partial charge on any atom is 0.306 e. The molecular weight excluding hydrogens is 275 g/mol. The van der Waals surface area contributed by atoms with E-state index in [2.05, 4.69) is 15.9 Å². The third kappa shape index (κ3) is 3.93. The van der Waals surface area contributed by atoms with Gasteiger partial charge in [0, 0.05) is 10.9 Å². The Hall–Kier alpha value is -0.900. The van der Waals surface area contributed by atoms with Crippen molar-refractivity contribution in [1.82, 2.24) is 0 Å². The van der Waals surface area contributed by atoms with Crippen molar-refractivity contribution in [2.24, 2.45) is 0 Å². The highest BCUT2D eigenvalue weighted by molar-refractivity contribution is 9.10.